The van der Waals surface area contributed by atoms with E-state index in [4.69, 9.17) is 11.6 Å². The highest BCUT2D eigenvalue weighted by Gasteiger charge is 2.12. The van der Waals surface area contributed by atoms with Crippen molar-refractivity contribution < 1.29 is 4.79 Å². The second kappa shape index (κ2) is 4.85. The van der Waals surface area contributed by atoms with E-state index >= 15 is 0 Å². The molecule has 0 atom stereocenters. The maximum absolute atomic E-state index is 11.9. The number of amides is 1. The molecule has 0 saturated heterocycles. The number of halogens is 1. The van der Waals surface area contributed by atoms with E-state index in [1.165, 1.54) is 11.3 Å². The molecule has 2 aromatic rings. The molecular formula is C12H11ClN2OS. The molecule has 1 aromatic carbocycles. The van der Waals surface area contributed by atoms with Crippen LogP contribution in [0.3, 0.4) is 0 Å². The van der Waals surface area contributed by atoms with Gasteiger partial charge in [0.15, 0.2) is 0 Å². The van der Waals surface area contributed by atoms with Crippen molar-refractivity contribution in [2.75, 3.05) is 5.32 Å². The number of aryl methyl sites for hydroxylation is 2. The lowest BCUT2D eigenvalue weighted by molar-refractivity contribution is 0.102. The first-order chi connectivity index (χ1) is 8.08. The lowest BCUT2D eigenvalue weighted by Gasteiger charge is -2.05. The molecule has 5 heteroatoms. The Bertz CT molecular complexity index is 565. The molecule has 0 spiro atoms. The average molecular weight is 267 g/mol. The Balaban J connectivity index is 2.19. The summed E-state index contributed by atoms with van der Waals surface area (Å²) in [4.78, 5) is 16.8. The number of rotatable bonds is 2. The van der Waals surface area contributed by atoms with Gasteiger partial charge in [0.05, 0.1) is 5.51 Å². The summed E-state index contributed by atoms with van der Waals surface area (Å²) in [5, 5.41) is 3.41. The molecule has 1 N–H and O–H groups in total. The van der Waals surface area contributed by atoms with Crippen LogP contribution in [0.25, 0.3) is 0 Å². The van der Waals surface area contributed by atoms with E-state index in [1.807, 2.05) is 26.0 Å². The molecule has 0 radical (unpaired) electrons. The van der Waals surface area contributed by atoms with Crippen molar-refractivity contribution in [1.82, 2.24) is 4.98 Å². The van der Waals surface area contributed by atoms with Crippen molar-refractivity contribution in [2.24, 2.45) is 0 Å². The third-order valence-electron chi connectivity index (χ3n) is 2.39. The number of carbonyl (C=O) groups is 1. The molecule has 0 bridgehead atoms. The standard InChI is InChI=1S/C12H11ClN2OS/c1-7-3-4-9(5-10(7)13)15-12(16)11-8(2)17-6-14-11/h3-6H,1-2H3,(H,15,16). The van der Waals surface area contributed by atoms with Gasteiger partial charge in [-0.15, -0.1) is 11.3 Å². The van der Waals surface area contributed by atoms with Crippen LogP contribution in [0.2, 0.25) is 5.02 Å². The molecule has 0 saturated carbocycles. The molecule has 0 aliphatic heterocycles. The van der Waals surface area contributed by atoms with E-state index in [0.717, 1.165) is 10.4 Å². The number of hydrogen-bond donors (Lipinski definition) is 1. The Hall–Kier alpha value is -1.39. The van der Waals surface area contributed by atoms with Gasteiger partial charge < -0.3 is 5.32 Å². The minimum Gasteiger partial charge on any atom is -0.321 e. The van der Waals surface area contributed by atoms with Crippen molar-refractivity contribution >= 4 is 34.5 Å². The number of anilines is 1. The maximum Gasteiger partial charge on any atom is 0.275 e. The summed E-state index contributed by atoms with van der Waals surface area (Å²) in [6, 6.07) is 5.42. The molecule has 0 aliphatic carbocycles. The first-order valence-electron chi connectivity index (χ1n) is 5.05. The van der Waals surface area contributed by atoms with Crippen LogP contribution in [-0.4, -0.2) is 10.9 Å². The van der Waals surface area contributed by atoms with Gasteiger partial charge in [-0.25, -0.2) is 4.98 Å². The topological polar surface area (TPSA) is 42.0 Å². The number of hydrogen-bond acceptors (Lipinski definition) is 3. The van der Waals surface area contributed by atoms with Crippen LogP contribution in [0.5, 0.6) is 0 Å². The summed E-state index contributed by atoms with van der Waals surface area (Å²) in [6.07, 6.45) is 0. The highest BCUT2D eigenvalue weighted by molar-refractivity contribution is 7.09. The minimum atomic E-state index is -0.205. The van der Waals surface area contributed by atoms with Crippen molar-refractivity contribution in [2.45, 2.75) is 13.8 Å². The minimum absolute atomic E-state index is 0.205. The van der Waals surface area contributed by atoms with E-state index < -0.39 is 0 Å². The van der Waals surface area contributed by atoms with Gasteiger partial charge in [-0.05, 0) is 31.5 Å². The number of carbonyl (C=O) groups excluding carboxylic acids is 1. The number of nitrogens with one attached hydrogen (secondary N) is 1. The predicted octanol–water partition coefficient (Wildman–Crippen LogP) is 3.67. The summed E-state index contributed by atoms with van der Waals surface area (Å²) >= 11 is 7.44. The molecule has 0 fully saturated rings. The van der Waals surface area contributed by atoms with Crippen molar-refractivity contribution in [1.29, 1.82) is 0 Å². The summed E-state index contributed by atoms with van der Waals surface area (Å²) in [7, 11) is 0. The molecular weight excluding hydrogens is 256 g/mol. The van der Waals surface area contributed by atoms with Gasteiger partial charge in [0.1, 0.15) is 5.69 Å². The van der Waals surface area contributed by atoms with Crippen molar-refractivity contribution in [3.8, 4) is 0 Å². The summed E-state index contributed by atoms with van der Waals surface area (Å²) in [6.45, 7) is 3.78. The number of nitrogens with zero attached hydrogens (tertiary/aromatic N) is 1. The molecule has 88 valence electrons. The van der Waals surface area contributed by atoms with Crippen LogP contribution in [0.15, 0.2) is 23.7 Å². The third-order valence-corrected chi connectivity index (χ3v) is 3.55. The molecule has 1 heterocycles. The van der Waals surface area contributed by atoms with Gasteiger partial charge in [0, 0.05) is 15.6 Å². The highest BCUT2D eigenvalue weighted by Crippen LogP contribution is 2.21. The normalized spacial score (nSPS) is 10.3. The lowest BCUT2D eigenvalue weighted by atomic mass is 10.2. The SMILES string of the molecule is Cc1ccc(NC(=O)c2ncsc2C)cc1Cl. The molecule has 17 heavy (non-hydrogen) atoms. The molecule has 0 unspecified atom stereocenters. The summed E-state index contributed by atoms with van der Waals surface area (Å²) < 4.78 is 0. The van der Waals surface area contributed by atoms with Gasteiger partial charge in [-0.1, -0.05) is 17.7 Å². The van der Waals surface area contributed by atoms with Crippen LogP contribution in [0.1, 0.15) is 20.9 Å². The Morgan fingerprint density at radius 2 is 2.18 bits per heavy atom. The Morgan fingerprint density at radius 3 is 2.76 bits per heavy atom. The lowest BCUT2D eigenvalue weighted by Crippen LogP contribution is -2.13. The van der Waals surface area contributed by atoms with Gasteiger partial charge in [-0.2, -0.15) is 0 Å². The first-order valence-corrected chi connectivity index (χ1v) is 6.31. The fraction of sp³-hybridized carbons (Fsp3) is 0.167. The van der Waals surface area contributed by atoms with E-state index in [0.29, 0.717) is 16.4 Å². The van der Waals surface area contributed by atoms with Gasteiger partial charge >= 0.3 is 0 Å². The van der Waals surface area contributed by atoms with Gasteiger partial charge in [-0.3, -0.25) is 4.79 Å². The Labute approximate surface area is 108 Å². The second-order valence-electron chi connectivity index (χ2n) is 3.68. The molecule has 3 nitrogen and oxygen atoms in total. The number of aromatic nitrogens is 1. The van der Waals surface area contributed by atoms with Crippen LogP contribution < -0.4 is 5.32 Å². The van der Waals surface area contributed by atoms with Crippen molar-refractivity contribution in [3.05, 3.63) is 44.9 Å². The van der Waals surface area contributed by atoms with E-state index in [2.05, 4.69) is 10.3 Å². The highest BCUT2D eigenvalue weighted by atomic mass is 35.5. The fourth-order valence-electron chi connectivity index (χ4n) is 1.38. The molecule has 1 aromatic heterocycles. The summed E-state index contributed by atoms with van der Waals surface area (Å²) in [5.41, 5.74) is 3.78. The second-order valence-corrected chi connectivity index (χ2v) is 5.14. The predicted molar refractivity (Wildman–Crippen MR) is 71.0 cm³/mol. The Morgan fingerprint density at radius 1 is 1.41 bits per heavy atom. The average Bonchev–Trinajstić information content (AvgIpc) is 2.70. The molecule has 2 rings (SSSR count). The quantitative estimate of drug-likeness (QED) is 0.901. The zero-order chi connectivity index (χ0) is 12.4. The zero-order valence-electron chi connectivity index (χ0n) is 9.45. The first kappa shape index (κ1) is 12.1. The van der Waals surface area contributed by atoms with Gasteiger partial charge in [0.25, 0.3) is 5.91 Å². The largest absolute Gasteiger partial charge is 0.321 e. The maximum atomic E-state index is 11.9. The zero-order valence-corrected chi connectivity index (χ0v) is 11.0. The summed E-state index contributed by atoms with van der Waals surface area (Å²) in [5.74, 6) is -0.205. The van der Waals surface area contributed by atoms with Crippen LogP contribution >= 0.6 is 22.9 Å². The number of benzene rings is 1. The third kappa shape index (κ3) is 2.65. The van der Waals surface area contributed by atoms with E-state index in [9.17, 15) is 4.79 Å². The van der Waals surface area contributed by atoms with Gasteiger partial charge in [0.2, 0.25) is 0 Å². The van der Waals surface area contributed by atoms with Crippen molar-refractivity contribution in [3.63, 3.8) is 0 Å². The fourth-order valence-corrected chi connectivity index (χ4v) is 2.14. The van der Waals surface area contributed by atoms with E-state index in [1.54, 1.807) is 11.6 Å². The molecule has 0 aliphatic rings. The van der Waals surface area contributed by atoms with Crippen LogP contribution in [0.4, 0.5) is 5.69 Å². The molecule has 1 amide bonds. The van der Waals surface area contributed by atoms with Crippen LogP contribution in [-0.2, 0) is 0 Å². The Kier molecular flexibility index (Phi) is 3.45. The van der Waals surface area contributed by atoms with Crippen LogP contribution in [0, 0.1) is 13.8 Å². The monoisotopic (exact) mass is 266 g/mol. The smallest absolute Gasteiger partial charge is 0.275 e. The van der Waals surface area contributed by atoms with E-state index in [-0.39, 0.29) is 5.91 Å². The number of thiazole rings is 1.